The van der Waals surface area contributed by atoms with Crippen molar-refractivity contribution in [2.45, 2.75) is 31.7 Å². The molecule has 1 atom stereocenters. The molecule has 1 aliphatic heterocycles. The third kappa shape index (κ3) is 4.16. The average Bonchev–Trinajstić information content (AvgIpc) is 3.23. The molecule has 3 aromatic rings. The molecule has 1 fully saturated rings. The fourth-order valence-electron chi connectivity index (χ4n) is 3.77. The first-order chi connectivity index (χ1) is 14.2. The van der Waals surface area contributed by atoms with Gasteiger partial charge >= 0.3 is 0 Å². The van der Waals surface area contributed by atoms with Crippen molar-refractivity contribution in [1.29, 1.82) is 0 Å². The van der Waals surface area contributed by atoms with Gasteiger partial charge in [0.25, 0.3) is 5.91 Å². The molecular formula is C23H23FN2O3. The summed E-state index contributed by atoms with van der Waals surface area (Å²) in [6.45, 7) is 0.650. The topological polar surface area (TPSA) is 55.6 Å². The molecule has 6 heteroatoms. The maximum Gasteiger partial charge on any atom is 0.258 e. The van der Waals surface area contributed by atoms with E-state index >= 15 is 0 Å². The van der Waals surface area contributed by atoms with Crippen LogP contribution >= 0.6 is 0 Å². The number of halogens is 1. The van der Waals surface area contributed by atoms with Crippen LogP contribution in [-0.4, -0.2) is 29.4 Å². The van der Waals surface area contributed by atoms with Crippen LogP contribution in [0.5, 0.6) is 5.75 Å². The molecule has 4 rings (SSSR count). The maximum atomic E-state index is 13.2. The Labute approximate surface area is 169 Å². The molecule has 0 bridgehead atoms. The largest absolute Gasteiger partial charge is 0.496 e. The van der Waals surface area contributed by atoms with E-state index in [1.54, 1.807) is 37.6 Å². The van der Waals surface area contributed by atoms with Crippen molar-refractivity contribution < 1.29 is 18.3 Å². The van der Waals surface area contributed by atoms with Crippen molar-refractivity contribution in [2.75, 3.05) is 13.7 Å². The lowest BCUT2D eigenvalue weighted by atomic mass is 10.0. The minimum atomic E-state index is -0.264. The zero-order valence-electron chi connectivity index (χ0n) is 16.3. The lowest BCUT2D eigenvalue weighted by Crippen LogP contribution is -2.38. The minimum absolute atomic E-state index is 0.0783. The Kier molecular flexibility index (Phi) is 5.60. The molecule has 29 heavy (non-hydrogen) atoms. The fraction of sp³-hybridized carbons (Fsp3) is 0.304. The fourth-order valence-corrected chi connectivity index (χ4v) is 3.77. The van der Waals surface area contributed by atoms with E-state index in [1.165, 1.54) is 12.1 Å². The van der Waals surface area contributed by atoms with Gasteiger partial charge in [-0.2, -0.15) is 0 Å². The van der Waals surface area contributed by atoms with Gasteiger partial charge in [-0.25, -0.2) is 9.37 Å². The number of para-hydroxylation sites is 1. The number of carbonyl (C=O) groups excluding carboxylic acids is 1. The molecule has 1 aliphatic rings. The Morgan fingerprint density at radius 2 is 2.00 bits per heavy atom. The van der Waals surface area contributed by atoms with Gasteiger partial charge in [0.2, 0.25) is 5.89 Å². The van der Waals surface area contributed by atoms with E-state index in [2.05, 4.69) is 4.98 Å². The van der Waals surface area contributed by atoms with E-state index in [9.17, 15) is 9.18 Å². The minimum Gasteiger partial charge on any atom is -0.496 e. The van der Waals surface area contributed by atoms with Gasteiger partial charge in [-0.3, -0.25) is 4.79 Å². The molecule has 2 aromatic carbocycles. The highest BCUT2D eigenvalue weighted by Crippen LogP contribution is 2.33. The van der Waals surface area contributed by atoms with Crippen molar-refractivity contribution >= 4 is 5.91 Å². The van der Waals surface area contributed by atoms with Crippen molar-refractivity contribution in [1.82, 2.24) is 9.88 Å². The number of rotatable bonds is 5. The standard InChI is InChI=1S/C23H23FN2O3/c1-28-21-8-3-2-6-19(21)23(27)26-13-5-4-7-20(26)22-25-15-18(29-22)14-16-9-11-17(24)12-10-16/h2-3,6,8-12,15,20H,4-5,7,13-14H2,1H3/t20-/m0/s1. The summed E-state index contributed by atoms with van der Waals surface area (Å²) in [7, 11) is 1.57. The average molecular weight is 394 g/mol. The molecular weight excluding hydrogens is 371 g/mol. The lowest BCUT2D eigenvalue weighted by molar-refractivity contribution is 0.0566. The summed E-state index contributed by atoms with van der Waals surface area (Å²) >= 11 is 0. The third-order valence-corrected chi connectivity index (χ3v) is 5.25. The highest BCUT2D eigenvalue weighted by molar-refractivity contribution is 5.97. The van der Waals surface area contributed by atoms with E-state index < -0.39 is 0 Å². The molecule has 1 amide bonds. The summed E-state index contributed by atoms with van der Waals surface area (Å²) in [6.07, 6.45) is 4.98. The van der Waals surface area contributed by atoms with E-state index in [-0.39, 0.29) is 17.8 Å². The van der Waals surface area contributed by atoms with Crippen molar-refractivity contribution in [3.8, 4) is 5.75 Å². The van der Waals surface area contributed by atoms with E-state index in [0.29, 0.717) is 35.9 Å². The number of carbonyl (C=O) groups is 1. The Hall–Kier alpha value is -3.15. The number of likely N-dealkylation sites (tertiary alicyclic amines) is 1. The first-order valence-electron chi connectivity index (χ1n) is 9.78. The van der Waals surface area contributed by atoms with Gasteiger partial charge in [0, 0.05) is 13.0 Å². The molecule has 0 saturated carbocycles. The normalized spacial score (nSPS) is 16.6. The number of oxazole rings is 1. The Balaban J connectivity index is 1.55. The smallest absolute Gasteiger partial charge is 0.258 e. The Bertz CT molecular complexity index is 984. The van der Waals surface area contributed by atoms with Crippen LogP contribution in [0.2, 0.25) is 0 Å². The van der Waals surface area contributed by atoms with Crippen LogP contribution < -0.4 is 4.74 Å². The molecule has 0 spiro atoms. The van der Waals surface area contributed by atoms with Gasteiger partial charge in [-0.15, -0.1) is 0 Å². The van der Waals surface area contributed by atoms with Crippen molar-refractivity contribution in [3.63, 3.8) is 0 Å². The molecule has 1 saturated heterocycles. The van der Waals surface area contributed by atoms with Crippen LogP contribution in [0.3, 0.4) is 0 Å². The van der Waals surface area contributed by atoms with Crippen LogP contribution in [0, 0.1) is 5.82 Å². The molecule has 150 valence electrons. The van der Waals surface area contributed by atoms with Crippen molar-refractivity contribution in [2.24, 2.45) is 0 Å². The SMILES string of the molecule is COc1ccccc1C(=O)N1CCCC[C@H]1c1ncc(Cc2ccc(F)cc2)o1. The second-order valence-electron chi connectivity index (χ2n) is 7.18. The van der Waals surface area contributed by atoms with E-state index in [0.717, 1.165) is 24.8 Å². The number of ether oxygens (including phenoxy) is 1. The number of hydrogen-bond acceptors (Lipinski definition) is 4. The monoisotopic (exact) mass is 394 g/mol. The van der Waals surface area contributed by atoms with Crippen molar-refractivity contribution in [3.05, 3.63) is 83.3 Å². The van der Waals surface area contributed by atoms with Gasteiger partial charge < -0.3 is 14.1 Å². The number of benzene rings is 2. The molecule has 1 aromatic heterocycles. The highest BCUT2D eigenvalue weighted by atomic mass is 19.1. The first-order valence-corrected chi connectivity index (χ1v) is 9.78. The zero-order valence-corrected chi connectivity index (χ0v) is 16.3. The number of hydrogen-bond donors (Lipinski definition) is 0. The highest BCUT2D eigenvalue weighted by Gasteiger charge is 2.33. The molecule has 2 heterocycles. The molecule has 5 nitrogen and oxygen atoms in total. The van der Waals surface area contributed by atoms with Crippen LogP contribution in [0.15, 0.2) is 59.1 Å². The second kappa shape index (κ2) is 8.47. The lowest BCUT2D eigenvalue weighted by Gasteiger charge is -2.34. The van der Waals surface area contributed by atoms with E-state index in [4.69, 9.17) is 9.15 Å². The number of piperidine rings is 1. The Morgan fingerprint density at radius 1 is 1.21 bits per heavy atom. The van der Waals surface area contributed by atoms with E-state index in [1.807, 2.05) is 17.0 Å². The predicted octanol–water partition coefficient (Wildman–Crippen LogP) is 4.78. The van der Waals surface area contributed by atoms with Crippen LogP contribution in [-0.2, 0) is 6.42 Å². The summed E-state index contributed by atoms with van der Waals surface area (Å²) < 4.78 is 24.5. The molecule has 0 radical (unpaired) electrons. The number of amides is 1. The predicted molar refractivity (Wildman–Crippen MR) is 106 cm³/mol. The van der Waals surface area contributed by atoms with Crippen LogP contribution in [0.1, 0.15) is 52.9 Å². The summed E-state index contributed by atoms with van der Waals surface area (Å²) in [5, 5.41) is 0. The van der Waals surface area contributed by atoms with Crippen LogP contribution in [0.25, 0.3) is 0 Å². The molecule has 0 aliphatic carbocycles. The van der Waals surface area contributed by atoms with Gasteiger partial charge in [0.05, 0.1) is 18.9 Å². The zero-order chi connectivity index (χ0) is 20.2. The summed E-state index contributed by atoms with van der Waals surface area (Å²) in [5.74, 6) is 1.46. The second-order valence-corrected chi connectivity index (χ2v) is 7.18. The van der Waals surface area contributed by atoms with Gasteiger partial charge in [0.15, 0.2) is 0 Å². The molecule has 0 N–H and O–H groups in total. The summed E-state index contributed by atoms with van der Waals surface area (Å²) in [4.78, 5) is 19.5. The van der Waals surface area contributed by atoms with Crippen LogP contribution in [0.4, 0.5) is 4.39 Å². The molecule has 0 unspecified atom stereocenters. The first kappa shape index (κ1) is 19.2. The maximum absolute atomic E-state index is 13.2. The number of aromatic nitrogens is 1. The van der Waals surface area contributed by atoms with Gasteiger partial charge in [-0.1, -0.05) is 24.3 Å². The van der Waals surface area contributed by atoms with Gasteiger partial charge in [0.1, 0.15) is 23.4 Å². The number of methoxy groups -OCH3 is 1. The number of nitrogens with zero attached hydrogens (tertiary/aromatic N) is 2. The summed E-state index contributed by atoms with van der Waals surface area (Å²) in [6, 6.07) is 13.4. The summed E-state index contributed by atoms with van der Waals surface area (Å²) in [5.41, 5.74) is 1.49. The Morgan fingerprint density at radius 3 is 2.79 bits per heavy atom. The van der Waals surface area contributed by atoms with Gasteiger partial charge in [-0.05, 0) is 49.1 Å². The third-order valence-electron chi connectivity index (χ3n) is 5.25. The quantitative estimate of drug-likeness (QED) is 0.625.